The molecule has 0 bridgehead atoms. The molecule has 3 aromatic rings. The number of hydrogen-bond acceptors (Lipinski definition) is 7. The molecule has 3 N–H and O–H groups in total. The second kappa shape index (κ2) is 9.19. The molecule has 3 heterocycles. The highest BCUT2D eigenvalue weighted by molar-refractivity contribution is 7.13. The summed E-state index contributed by atoms with van der Waals surface area (Å²) >= 11 is 1.54. The Hall–Kier alpha value is -3.37. The highest BCUT2D eigenvalue weighted by Gasteiger charge is 2.27. The van der Waals surface area contributed by atoms with Crippen LogP contribution in [0.3, 0.4) is 0 Å². The number of amides is 2. The summed E-state index contributed by atoms with van der Waals surface area (Å²) in [7, 11) is 1.54. The van der Waals surface area contributed by atoms with E-state index >= 15 is 0 Å². The Morgan fingerprint density at radius 1 is 1.29 bits per heavy atom. The highest BCUT2D eigenvalue weighted by Crippen LogP contribution is 2.28. The Morgan fingerprint density at radius 2 is 2.10 bits per heavy atom. The molecule has 1 aromatic carbocycles. The normalized spacial score (nSPS) is 18.3. The quantitative estimate of drug-likeness (QED) is 0.520. The molecular formula is C21H23N5O4S. The predicted octanol–water partition coefficient (Wildman–Crippen LogP) is 2.59. The van der Waals surface area contributed by atoms with Crippen LogP contribution >= 0.6 is 11.3 Å². The highest BCUT2D eigenvalue weighted by atomic mass is 32.1. The molecule has 1 aliphatic rings. The minimum absolute atomic E-state index is 0.0226. The fraction of sp³-hybridized carbons (Fsp3) is 0.286. The van der Waals surface area contributed by atoms with Crippen molar-refractivity contribution in [3.63, 3.8) is 0 Å². The van der Waals surface area contributed by atoms with Crippen LogP contribution in [0.15, 0.2) is 47.8 Å². The zero-order chi connectivity index (χ0) is 21.8. The van der Waals surface area contributed by atoms with E-state index in [4.69, 9.17) is 9.47 Å². The number of ether oxygens (including phenoxy) is 2. The molecule has 9 nitrogen and oxygen atoms in total. The average Bonchev–Trinajstić information content (AvgIpc) is 3.42. The van der Waals surface area contributed by atoms with Gasteiger partial charge in [0.2, 0.25) is 5.91 Å². The molecule has 31 heavy (non-hydrogen) atoms. The summed E-state index contributed by atoms with van der Waals surface area (Å²) in [6, 6.07) is 12.7. The van der Waals surface area contributed by atoms with Crippen molar-refractivity contribution in [1.29, 1.82) is 0 Å². The zero-order valence-corrected chi connectivity index (χ0v) is 17.9. The van der Waals surface area contributed by atoms with Gasteiger partial charge in [-0.2, -0.15) is 5.10 Å². The molecule has 0 saturated carbocycles. The van der Waals surface area contributed by atoms with Gasteiger partial charge in [-0.3, -0.25) is 14.9 Å². The van der Waals surface area contributed by atoms with Crippen molar-refractivity contribution in [3.05, 3.63) is 47.8 Å². The van der Waals surface area contributed by atoms with Crippen LogP contribution in [0, 0.1) is 0 Å². The molecule has 2 amide bonds. The number of carbonyl (C=O) groups is 2. The first-order chi connectivity index (χ1) is 15.0. The van der Waals surface area contributed by atoms with Gasteiger partial charge in [-0.05, 0) is 30.5 Å². The maximum Gasteiger partial charge on any atom is 0.263 e. The van der Waals surface area contributed by atoms with Crippen LogP contribution < -0.4 is 25.4 Å². The van der Waals surface area contributed by atoms with E-state index in [0.29, 0.717) is 29.4 Å². The number of nitrogens with zero attached hydrogens (tertiary/aromatic N) is 2. The van der Waals surface area contributed by atoms with Gasteiger partial charge in [0.15, 0.2) is 24.4 Å². The van der Waals surface area contributed by atoms with Crippen LogP contribution in [-0.2, 0) is 9.59 Å². The summed E-state index contributed by atoms with van der Waals surface area (Å²) in [6.45, 7) is 1.72. The smallest absolute Gasteiger partial charge is 0.263 e. The number of aromatic nitrogens is 2. The number of anilines is 1. The lowest BCUT2D eigenvalue weighted by molar-refractivity contribution is -0.125. The lowest BCUT2D eigenvalue weighted by atomic mass is 10.2. The van der Waals surface area contributed by atoms with Crippen molar-refractivity contribution >= 4 is 29.0 Å². The van der Waals surface area contributed by atoms with Crippen LogP contribution in [0.1, 0.15) is 19.6 Å². The van der Waals surface area contributed by atoms with E-state index in [-0.39, 0.29) is 24.5 Å². The van der Waals surface area contributed by atoms with Crippen LogP contribution in [0.2, 0.25) is 0 Å². The molecule has 0 spiro atoms. The topological polar surface area (TPSA) is 107 Å². The lowest BCUT2D eigenvalue weighted by Crippen LogP contribution is -2.52. The molecule has 4 rings (SSSR count). The van der Waals surface area contributed by atoms with Gasteiger partial charge in [0.25, 0.3) is 5.91 Å². The van der Waals surface area contributed by atoms with E-state index in [9.17, 15) is 9.59 Å². The van der Waals surface area contributed by atoms with Gasteiger partial charge in [0.1, 0.15) is 11.5 Å². The van der Waals surface area contributed by atoms with Gasteiger partial charge in [-0.1, -0.05) is 18.2 Å². The maximum atomic E-state index is 12.6. The van der Waals surface area contributed by atoms with E-state index in [1.807, 2.05) is 30.5 Å². The third kappa shape index (κ3) is 4.86. The molecular weight excluding hydrogens is 418 g/mol. The van der Waals surface area contributed by atoms with Gasteiger partial charge < -0.3 is 20.1 Å². The first-order valence-electron chi connectivity index (χ1n) is 9.78. The summed E-state index contributed by atoms with van der Waals surface area (Å²) in [4.78, 5) is 25.6. The Bertz CT molecular complexity index is 1070. The minimum atomic E-state index is -0.574. The number of nitrogens with one attached hydrogen (secondary N) is 3. The third-order valence-corrected chi connectivity index (χ3v) is 5.57. The number of methoxy groups -OCH3 is 1. The van der Waals surface area contributed by atoms with Crippen molar-refractivity contribution < 1.29 is 19.1 Å². The Kier molecular flexibility index (Phi) is 6.19. The first kappa shape index (κ1) is 20.9. The van der Waals surface area contributed by atoms with Crippen LogP contribution in [0.5, 0.6) is 11.5 Å². The number of rotatable bonds is 7. The summed E-state index contributed by atoms with van der Waals surface area (Å²) in [6.07, 6.45) is -0.195. The summed E-state index contributed by atoms with van der Waals surface area (Å²) in [5.74, 6) is 1.02. The number of thiophene rings is 1. The second-order valence-electron chi connectivity index (χ2n) is 7.07. The first-order valence-corrected chi connectivity index (χ1v) is 10.7. The fourth-order valence-corrected chi connectivity index (χ4v) is 3.96. The standard InChI is InChI=1S/C21H23N5O4S/c1-13-10-19(27)24-21(22-13)26-18(11-14(25-26)17-8-5-9-31-17)23-20(28)12-30-16-7-4-3-6-15(16)29-2/h3-9,11,13,21-22H,10,12H2,1-2H3,(H,23,28)(H,24,27). The average molecular weight is 442 g/mol. The molecule has 1 aliphatic heterocycles. The lowest BCUT2D eigenvalue weighted by Gasteiger charge is -2.30. The Balaban J connectivity index is 1.53. The number of para-hydroxylation sites is 2. The largest absolute Gasteiger partial charge is 0.493 e. The summed E-state index contributed by atoms with van der Waals surface area (Å²) in [5, 5.41) is 15.6. The maximum absolute atomic E-state index is 12.6. The zero-order valence-electron chi connectivity index (χ0n) is 17.1. The Labute approximate surface area is 183 Å². The molecule has 162 valence electrons. The van der Waals surface area contributed by atoms with Gasteiger partial charge in [-0.15, -0.1) is 11.3 Å². The number of hydrogen-bond donors (Lipinski definition) is 3. The molecule has 2 aromatic heterocycles. The van der Waals surface area contributed by atoms with E-state index in [1.54, 1.807) is 47.4 Å². The number of benzene rings is 1. The van der Waals surface area contributed by atoms with Gasteiger partial charge >= 0.3 is 0 Å². The molecule has 0 aliphatic carbocycles. The van der Waals surface area contributed by atoms with E-state index < -0.39 is 6.29 Å². The fourth-order valence-electron chi connectivity index (χ4n) is 3.28. The molecule has 1 fully saturated rings. The van der Waals surface area contributed by atoms with E-state index in [2.05, 4.69) is 21.0 Å². The van der Waals surface area contributed by atoms with E-state index in [1.165, 1.54) is 0 Å². The molecule has 0 radical (unpaired) electrons. The van der Waals surface area contributed by atoms with Crippen molar-refractivity contribution in [2.24, 2.45) is 0 Å². The van der Waals surface area contributed by atoms with Gasteiger partial charge in [0, 0.05) is 18.5 Å². The monoisotopic (exact) mass is 441 g/mol. The van der Waals surface area contributed by atoms with Crippen LogP contribution in [-0.4, -0.2) is 41.4 Å². The molecule has 2 unspecified atom stereocenters. The van der Waals surface area contributed by atoms with Crippen LogP contribution in [0.4, 0.5) is 5.82 Å². The van der Waals surface area contributed by atoms with Crippen molar-refractivity contribution in [1.82, 2.24) is 20.4 Å². The van der Waals surface area contributed by atoms with Crippen LogP contribution in [0.25, 0.3) is 10.6 Å². The van der Waals surface area contributed by atoms with Crippen molar-refractivity contribution in [2.45, 2.75) is 25.7 Å². The summed E-state index contributed by atoms with van der Waals surface area (Å²) < 4.78 is 12.4. The Morgan fingerprint density at radius 3 is 2.81 bits per heavy atom. The van der Waals surface area contributed by atoms with Gasteiger partial charge in [0.05, 0.1) is 12.0 Å². The third-order valence-electron chi connectivity index (χ3n) is 4.68. The predicted molar refractivity (Wildman–Crippen MR) is 117 cm³/mol. The molecule has 2 atom stereocenters. The van der Waals surface area contributed by atoms with Crippen molar-refractivity contribution in [2.75, 3.05) is 19.0 Å². The van der Waals surface area contributed by atoms with Crippen molar-refractivity contribution in [3.8, 4) is 22.1 Å². The summed E-state index contributed by atoms with van der Waals surface area (Å²) in [5.41, 5.74) is 0.699. The SMILES string of the molecule is COc1ccccc1OCC(=O)Nc1cc(-c2cccs2)nn1C1NC(=O)CC(C)N1. The minimum Gasteiger partial charge on any atom is -0.493 e. The molecule has 1 saturated heterocycles. The number of carbonyl (C=O) groups excluding carboxylic acids is 2. The van der Waals surface area contributed by atoms with E-state index in [0.717, 1.165) is 4.88 Å². The van der Waals surface area contributed by atoms with Gasteiger partial charge in [-0.25, -0.2) is 4.68 Å². The molecule has 10 heteroatoms. The second-order valence-corrected chi connectivity index (χ2v) is 8.01.